The summed E-state index contributed by atoms with van der Waals surface area (Å²) >= 11 is 0. The number of nitrogens with one attached hydrogen (secondary N) is 1. The number of nitrogens with zero attached hydrogens (tertiary/aromatic N) is 3. The monoisotopic (exact) mass is 446 g/mol. The highest BCUT2D eigenvalue weighted by Crippen LogP contribution is 2.30. The molecule has 1 unspecified atom stereocenters. The number of guanidine groups is 1. The highest BCUT2D eigenvalue weighted by Gasteiger charge is 2.50. The quantitative estimate of drug-likeness (QED) is 0.558. The van der Waals surface area contributed by atoms with Gasteiger partial charge in [-0.05, 0) is 43.1 Å². The zero-order chi connectivity index (χ0) is 21.8. The van der Waals surface area contributed by atoms with E-state index in [1.54, 1.807) is 7.05 Å². The van der Waals surface area contributed by atoms with E-state index in [1.165, 1.54) is 5.56 Å². The van der Waals surface area contributed by atoms with Crippen molar-refractivity contribution >= 4 is 16.0 Å². The van der Waals surface area contributed by atoms with Crippen molar-refractivity contribution in [2.24, 2.45) is 16.8 Å². The van der Waals surface area contributed by atoms with Crippen LogP contribution in [0.3, 0.4) is 0 Å². The molecular formula is C20H29F3N4O2S. The van der Waals surface area contributed by atoms with Gasteiger partial charge in [0.05, 0.1) is 0 Å². The summed E-state index contributed by atoms with van der Waals surface area (Å²) in [6, 6.07) is 10.4. The van der Waals surface area contributed by atoms with E-state index < -0.39 is 15.5 Å². The highest BCUT2D eigenvalue weighted by molar-refractivity contribution is 7.90. The lowest BCUT2D eigenvalue weighted by Crippen LogP contribution is -2.47. The van der Waals surface area contributed by atoms with Crippen molar-refractivity contribution in [1.29, 1.82) is 0 Å². The molecule has 1 aromatic carbocycles. The van der Waals surface area contributed by atoms with E-state index in [1.807, 2.05) is 18.2 Å². The SMILES string of the molecule is CN=C(NCC1CCN(S(=O)(=O)C(F)(F)F)CC1)N1CCC(Cc2ccccc2)C1. The van der Waals surface area contributed by atoms with Gasteiger partial charge in [0, 0.05) is 39.8 Å². The molecule has 0 saturated carbocycles. The van der Waals surface area contributed by atoms with E-state index in [2.05, 4.69) is 27.3 Å². The number of rotatable bonds is 5. The predicted octanol–water partition coefficient (Wildman–Crippen LogP) is 2.69. The lowest BCUT2D eigenvalue weighted by atomic mass is 9.98. The Kier molecular flexibility index (Phi) is 7.28. The molecule has 0 amide bonds. The molecular weight excluding hydrogens is 417 g/mol. The minimum Gasteiger partial charge on any atom is -0.356 e. The van der Waals surface area contributed by atoms with E-state index >= 15 is 0 Å². The number of sulfonamides is 1. The van der Waals surface area contributed by atoms with Crippen LogP contribution < -0.4 is 5.32 Å². The second-order valence-corrected chi connectivity index (χ2v) is 9.94. The molecule has 0 bridgehead atoms. The number of piperidine rings is 1. The zero-order valence-electron chi connectivity index (χ0n) is 17.1. The Morgan fingerprint density at radius 1 is 1.10 bits per heavy atom. The number of aliphatic imine (C=N–C) groups is 1. The molecule has 1 aromatic rings. The van der Waals surface area contributed by atoms with Crippen LogP contribution in [0.5, 0.6) is 0 Å². The molecule has 2 fully saturated rings. The first kappa shape index (κ1) is 22.9. The molecule has 0 aromatic heterocycles. The van der Waals surface area contributed by atoms with Gasteiger partial charge in [0.2, 0.25) is 0 Å². The van der Waals surface area contributed by atoms with Crippen molar-refractivity contribution in [1.82, 2.24) is 14.5 Å². The number of hydrogen-bond acceptors (Lipinski definition) is 3. The van der Waals surface area contributed by atoms with Crippen molar-refractivity contribution in [3.8, 4) is 0 Å². The van der Waals surface area contributed by atoms with Gasteiger partial charge in [0.1, 0.15) is 0 Å². The number of halogens is 3. The van der Waals surface area contributed by atoms with Crippen molar-refractivity contribution in [2.75, 3.05) is 39.8 Å². The molecule has 0 spiro atoms. The Balaban J connectivity index is 1.44. The highest BCUT2D eigenvalue weighted by atomic mass is 32.2. The molecule has 0 radical (unpaired) electrons. The predicted molar refractivity (Wildman–Crippen MR) is 110 cm³/mol. The first-order valence-corrected chi connectivity index (χ1v) is 11.7. The standard InChI is InChI=1S/C20H29F3N4O2S/c1-24-19(26-10-7-18(15-26)13-16-5-3-2-4-6-16)25-14-17-8-11-27(12-9-17)30(28,29)20(21,22)23/h2-6,17-18H,7-15H2,1H3,(H,24,25). The lowest BCUT2D eigenvalue weighted by Gasteiger charge is -2.32. The third-order valence-electron chi connectivity index (χ3n) is 5.92. The lowest BCUT2D eigenvalue weighted by molar-refractivity contribution is -0.0496. The molecule has 168 valence electrons. The maximum atomic E-state index is 12.7. The molecule has 2 heterocycles. The van der Waals surface area contributed by atoms with Crippen LogP contribution in [0.1, 0.15) is 24.8 Å². The summed E-state index contributed by atoms with van der Waals surface area (Å²) < 4.78 is 61.7. The summed E-state index contributed by atoms with van der Waals surface area (Å²) in [6.07, 6.45) is 2.91. The van der Waals surface area contributed by atoms with Gasteiger partial charge in [-0.25, -0.2) is 8.42 Å². The smallest absolute Gasteiger partial charge is 0.356 e. The van der Waals surface area contributed by atoms with Crippen LogP contribution in [-0.2, 0) is 16.4 Å². The Morgan fingerprint density at radius 2 is 1.73 bits per heavy atom. The second-order valence-electron chi connectivity index (χ2n) is 8.01. The molecule has 2 saturated heterocycles. The maximum absolute atomic E-state index is 12.7. The third-order valence-corrected chi connectivity index (χ3v) is 7.55. The van der Waals surface area contributed by atoms with Gasteiger partial charge in [-0.3, -0.25) is 4.99 Å². The number of likely N-dealkylation sites (tertiary alicyclic amines) is 1. The summed E-state index contributed by atoms with van der Waals surface area (Å²) in [5, 5.41) is 3.34. The largest absolute Gasteiger partial charge is 0.511 e. The van der Waals surface area contributed by atoms with Crippen LogP contribution in [0.4, 0.5) is 13.2 Å². The molecule has 3 rings (SSSR count). The third kappa shape index (κ3) is 5.46. The topological polar surface area (TPSA) is 65.0 Å². The van der Waals surface area contributed by atoms with E-state index in [0.29, 0.717) is 29.6 Å². The Labute approximate surface area is 176 Å². The van der Waals surface area contributed by atoms with E-state index in [4.69, 9.17) is 0 Å². The molecule has 2 aliphatic rings. The van der Waals surface area contributed by atoms with Crippen LogP contribution >= 0.6 is 0 Å². The minimum absolute atomic E-state index is 0.102. The summed E-state index contributed by atoms with van der Waals surface area (Å²) in [5.74, 6) is 1.47. The van der Waals surface area contributed by atoms with Gasteiger partial charge < -0.3 is 10.2 Å². The fraction of sp³-hybridized carbons (Fsp3) is 0.650. The van der Waals surface area contributed by atoms with Gasteiger partial charge in [-0.1, -0.05) is 30.3 Å². The van der Waals surface area contributed by atoms with Crippen LogP contribution in [0.15, 0.2) is 35.3 Å². The number of alkyl halides is 3. The fourth-order valence-electron chi connectivity index (χ4n) is 4.21. The van der Waals surface area contributed by atoms with E-state index in [0.717, 1.165) is 31.9 Å². The second kappa shape index (κ2) is 9.55. The molecule has 0 aliphatic carbocycles. The average Bonchev–Trinajstić information content (AvgIpc) is 3.17. The van der Waals surface area contributed by atoms with Crippen LogP contribution in [-0.4, -0.2) is 68.9 Å². The van der Waals surface area contributed by atoms with Crippen molar-refractivity contribution in [3.05, 3.63) is 35.9 Å². The van der Waals surface area contributed by atoms with Gasteiger partial charge in [0.25, 0.3) is 0 Å². The Bertz CT molecular complexity index is 822. The molecule has 30 heavy (non-hydrogen) atoms. The van der Waals surface area contributed by atoms with Crippen molar-refractivity contribution in [3.63, 3.8) is 0 Å². The van der Waals surface area contributed by atoms with E-state index in [-0.39, 0.29) is 19.0 Å². The van der Waals surface area contributed by atoms with Crippen molar-refractivity contribution in [2.45, 2.75) is 31.2 Å². The average molecular weight is 447 g/mol. The Hall–Kier alpha value is -1.81. The fourth-order valence-corrected chi connectivity index (χ4v) is 5.19. The maximum Gasteiger partial charge on any atom is 0.511 e. The van der Waals surface area contributed by atoms with Crippen LogP contribution in [0, 0.1) is 11.8 Å². The molecule has 1 atom stereocenters. The van der Waals surface area contributed by atoms with E-state index in [9.17, 15) is 21.6 Å². The first-order chi connectivity index (χ1) is 14.2. The van der Waals surface area contributed by atoms with Crippen LogP contribution in [0.25, 0.3) is 0 Å². The minimum atomic E-state index is -5.23. The Morgan fingerprint density at radius 3 is 2.33 bits per heavy atom. The molecule has 6 nitrogen and oxygen atoms in total. The molecule has 2 aliphatic heterocycles. The van der Waals surface area contributed by atoms with Crippen LogP contribution in [0.2, 0.25) is 0 Å². The first-order valence-electron chi connectivity index (χ1n) is 10.3. The summed E-state index contributed by atoms with van der Waals surface area (Å²) in [4.78, 5) is 6.58. The molecule has 1 N–H and O–H groups in total. The summed E-state index contributed by atoms with van der Waals surface area (Å²) in [5.41, 5.74) is -3.90. The van der Waals surface area contributed by atoms with Gasteiger partial charge >= 0.3 is 15.5 Å². The normalized spacial score (nSPS) is 22.5. The number of hydrogen-bond donors (Lipinski definition) is 1. The van der Waals surface area contributed by atoms with Gasteiger partial charge in [-0.2, -0.15) is 17.5 Å². The van der Waals surface area contributed by atoms with Crippen molar-refractivity contribution < 1.29 is 21.6 Å². The van der Waals surface area contributed by atoms with Gasteiger partial charge in [-0.15, -0.1) is 0 Å². The summed E-state index contributed by atoms with van der Waals surface area (Å²) in [7, 11) is -3.50. The summed E-state index contributed by atoms with van der Waals surface area (Å²) in [6.45, 7) is 2.20. The zero-order valence-corrected chi connectivity index (χ0v) is 17.9. The molecule has 10 heteroatoms. The van der Waals surface area contributed by atoms with Gasteiger partial charge in [0.15, 0.2) is 5.96 Å². The number of benzene rings is 1.